The van der Waals surface area contributed by atoms with Gasteiger partial charge in [-0.05, 0) is 0 Å². The van der Waals surface area contributed by atoms with E-state index in [0.29, 0.717) is 0 Å². The Morgan fingerprint density at radius 3 is 2.60 bits per heavy atom. The fourth-order valence-corrected chi connectivity index (χ4v) is 0.314. The third-order valence-corrected chi connectivity index (χ3v) is 0.844. The molecule has 5 nitrogen and oxygen atoms in total. The smallest absolute Gasteiger partial charge is 0.455 e. The minimum atomic E-state index is -1.33. The van der Waals surface area contributed by atoms with Gasteiger partial charge in [-0.1, -0.05) is 0 Å². The van der Waals surface area contributed by atoms with Gasteiger partial charge in [-0.25, -0.2) is 0 Å². The summed E-state index contributed by atoms with van der Waals surface area (Å²) in [5.41, 5.74) is 0. The lowest BCUT2D eigenvalue weighted by atomic mass is 10.2. The number of hydrogen-bond acceptors (Lipinski definition) is 5. The zero-order valence-electron chi connectivity index (χ0n) is 5.73. The van der Waals surface area contributed by atoms with Crippen molar-refractivity contribution in [3.63, 3.8) is 0 Å². The molecule has 0 saturated heterocycles. The van der Waals surface area contributed by atoms with Crippen molar-refractivity contribution in [2.75, 3.05) is 13.2 Å². The highest BCUT2D eigenvalue weighted by atomic mass is 16.7. The molecule has 7 heteroatoms. The molecule has 0 radical (unpaired) electrons. The van der Waals surface area contributed by atoms with Gasteiger partial charge in [-0.2, -0.15) is 0 Å². The molecule has 0 spiro atoms. The van der Waals surface area contributed by atoms with Crippen molar-refractivity contribution in [3.8, 4) is 0 Å². The predicted molar refractivity (Wildman–Crippen MR) is 36.6 cm³/mol. The third kappa shape index (κ3) is 4.78. The highest BCUT2D eigenvalue weighted by Crippen LogP contribution is 1.85. The van der Waals surface area contributed by atoms with Gasteiger partial charge in [-0.3, -0.25) is 0 Å². The van der Waals surface area contributed by atoms with Crippen molar-refractivity contribution >= 4 is 15.4 Å². The topological polar surface area (TPSA) is 79.2 Å². The van der Waals surface area contributed by atoms with Crippen LogP contribution in [0, 0.1) is 0 Å². The number of rotatable bonds is 5. The van der Waals surface area contributed by atoms with Gasteiger partial charge in [-0.15, -0.1) is 0 Å². The first-order valence-corrected chi connectivity index (χ1v) is 2.82. The summed E-state index contributed by atoms with van der Waals surface area (Å²) in [5, 5.41) is 25.5. The molecule has 0 aromatic heterocycles. The summed E-state index contributed by atoms with van der Waals surface area (Å²) in [6, 6.07) is 0. The summed E-state index contributed by atoms with van der Waals surface area (Å²) in [4.78, 5) is 0. The van der Waals surface area contributed by atoms with Crippen LogP contribution < -0.4 is 0 Å². The second-order valence-electron chi connectivity index (χ2n) is 1.71. The Bertz CT molecular complexity index is 71.3. The van der Waals surface area contributed by atoms with E-state index in [1.165, 1.54) is 8.05 Å². The second-order valence-corrected chi connectivity index (χ2v) is 1.71. The molecule has 0 aliphatic heterocycles. The van der Waals surface area contributed by atoms with Crippen LogP contribution in [0.2, 0.25) is 0 Å². The molecule has 0 aromatic carbocycles. The predicted octanol–water partition coefficient (Wildman–Crippen LogP) is -3.10. The average Bonchev–Trinajstić information content (AvgIpc) is 1.99. The van der Waals surface area contributed by atoms with E-state index in [0.717, 1.165) is 0 Å². The molecular weight excluding hydrogens is 138 g/mol. The molecule has 3 N–H and O–H groups in total. The van der Waals surface area contributed by atoms with Gasteiger partial charge in [0.2, 0.25) is 8.05 Å². The Balaban J connectivity index is 3.17. The van der Waals surface area contributed by atoms with Crippen molar-refractivity contribution in [1.82, 2.24) is 0 Å². The van der Waals surface area contributed by atoms with Gasteiger partial charge in [0.25, 0.3) is 0 Å². The maximum absolute atomic E-state index is 8.66. The summed E-state index contributed by atoms with van der Waals surface area (Å²) in [5.74, 6) is 0. The van der Waals surface area contributed by atoms with Crippen LogP contribution in [0.25, 0.3) is 0 Å². The first-order chi connectivity index (χ1) is 4.70. The normalized spacial score (nSPS) is 13.1. The molecule has 0 heterocycles. The average molecular weight is 148 g/mol. The Morgan fingerprint density at radius 2 is 2.20 bits per heavy atom. The highest BCUT2D eigenvalue weighted by Gasteiger charge is 2.13. The Labute approximate surface area is 60.2 Å². The van der Waals surface area contributed by atoms with Crippen LogP contribution in [0.4, 0.5) is 0 Å². The molecular formula is C3H10B2O5. The Morgan fingerprint density at radius 1 is 1.60 bits per heavy atom. The van der Waals surface area contributed by atoms with Crippen LogP contribution in [-0.2, 0) is 9.23 Å². The second kappa shape index (κ2) is 5.69. The Kier molecular flexibility index (Phi) is 5.66. The van der Waals surface area contributed by atoms with Crippen LogP contribution in [0.3, 0.4) is 0 Å². The standard InChI is InChI=1S/C3H10B2O5/c4-10-5(8)9-2-3(7)1-6/h3,6-8H,1-2,4H2. The van der Waals surface area contributed by atoms with Gasteiger partial charge >= 0.3 is 7.32 Å². The summed E-state index contributed by atoms with van der Waals surface area (Å²) in [6.45, 7) is -0.540. The summed E-state index contributed by atoms with van der Waals surface area (Å²) < 4.78 is 8.75. The van der Waals surface area contributed by atoms with Gasteiger partial charge < -0.3 is 24.5 Å². The van der Waals surface area contributed by atoms with E-state index in [-0.39, 0.29) is 6.61 Å². The number of aliphatic hydroxyl groups is 2. The highest BCUT2D eigenvalue weighted by molar-refractivity contribution is 6.40. The first kappa shape index (κ1) is 9.93. The maximum atomic E-state index is 8.66. The molecule has 58 valence electrons. The molecule has 0 saturated carbocycles. The SMILES string of the molecule is BOB(O)OCC(O)CO. The molecule has 1 unspecified atom stereocenters. The molecule has 0 bridgehead atoms. The van der Waals surface area contributed by atoms with Crippen molar-refractivity contribution < 1.29 is 24.5 Å². The van der Waals surface area contributed by atoms with Crippen molar-refractivity contribution in [1.29, 1.82) is 0 Å². The van der Waals surface area contributed by atoms with Crippen molar-refractivity contribution in [2.45, 2.75) is 6.10 Å². The zero-order valence-corrected chi connectivity index (χ0v) is 5.73. The van der Waals surface area contributed by atoms with Crippen LogP contribution in [0.15, 0.2) is 0 Å². The lowest BCUT2D eigenvalue weighted by Crippen LogP contribution is -2.28. The van der Waals surface area contributed by atoms with E-state index in [2.05, 4.69) is 9.23 Å². The molecule has 0 rings (SSSR count). The molecule has 10 heavy (non-hydrogen) atoms. The van der Waals surface area contributed by atoms with Crippen LogP contribution in [0.5, 0.6) is 0 Å². The van der Waals surface area contributed by atoms with Gasteiger partial charge in [0.15, 0.2) is 0 Å². The fraction of sp³-hybridized carbons (Fsp3) is 1.00. The molecule has 0 aliphatic rings. The van der Waals surface area contributed by atoms with Crippen LogP contribution in [0.1, 0.15) is 0 Å². The minimum absolute atomic E-state index is 0.147. The lowest BCUT2D eigenvalue weighted by Gasteiger charge is -2.08. The number of hydrogen-bond donors (Lipinski definition) is 3. The van der Waals surface area contributed by atoms with Crippen molar-refractivity contribution in [2.24, 2.45) is 0 Å². The van der Waals surface area contributed by atoms with E-state index in [9.17, 15) is 0 Å². The van der Waals surface area contributed by atoms with Gasteiger partial charge in [0, 0.05) is 0 Å². The quantitative estimate of drug-likeness (QED) is 0.359. The summed E-state index contributed by atoms with van der Waals surface area (Å²) in [6.07, 6.45) is -0.968. The van der Waals surface area contributed by atoms with E-state index in [1.54, 1.807) is 0 Å². The molecule has 0 amide bonds. The zero-order chi connectivity index (χ0) is 7.98. The third-order valence-electron chi connectivity index (χ3n) is 0.844. The summed E-state index contributed by atoms with van der Waals surface area (Å²) >= 11 is 0. The largest absolute Gasteiger partial charge is 0.620 e. The molecule has 0 aromatic rings. The minimum Gasteiger partial charge on any atom is -0.455 e. The first-order valence-electron chi connectivity index (χ1n) is 2.82. The van der Waals surface area contributed by atoms with E-state index >= 15 is 0 Å². The molecule has 1 atom stereocenters. The Hall–Kier alpha value is -0.0701. The van der Waals surface area contributed by atoms with Gasteiger partial charge in [0.05, 0.1) is 19.3 Å². The fourth-order valence-electron chi connectivity index (χ4n) is 0.314. The van der Waals surface area contributed by atoms with E-state index in [4.69, 9.17) is 15.2 Å². The van der Waals surface area contributed by atoms with Crippen LogP contribution >= 0.6 is 0 Å². The van der Waals surface area contributed by atoms with Gasteiger partial charge in [0.1, 0.15) is 0 Å². The number of aliphatic hydroxyl groups excluding tert-OH is 2. The van der Waals surface area contributed by atoms with E-state index < -0.39 is 20.0 Å². The van der Waals surface area contributed by atoms with Crippen LogP contribution in [-0.4, -0.2) is 49.9 Å². The van der Waals surface area contributed by atoms with E-state index in [1.807, 2.05) is 0 Å². The molecule has 0 aliphatic carbocycles. The summed E-state index contributed by atoms with van der Waals surface area (Å²) in [7, 11) is -0.0723. The monoisotopic (exact) mass is 148 g/mol. The van der Waals surface area contributed by atoms with Crippen molar-refractivity contribution in [3.05, 3.63) is 0 Å². The maximum Gasteiger partial charge on any atom is 0.620 e. The lowest BCUT2D eigenvalue weighted by molar-refractivity contribution is 0.0382. The molecule has 0 fully saturated rings.